The average Bonchev–Trinajstić information content (AvgIpc) is 2.27. The highest BCUT2D eigenvalue weighted by atomic mass is 19.3. The number of carbonyl (C=O) groups is 2. The van der Waals surface area contributed by atoms with Gasteiger partial charge in [-0.1, -0.05) is 13.8 Å². The molecule has 3 amide bonds. The third-order valence-electron chi connectivity index (χ3n) is 2.44. The van der Waals surface area contributed by atoms with Crippen molar-refractivity contribution in [3.63, 3.8) is 0 Å². The minimum absolute atomic E-state index is 0.0489. The number of hydrogen-bond donors (Lipinski definition) is 3. The summed E-state index contributed by atoms with van der Waals surface area (Å²) in [6.07, 6.45) is -1.82. The zero-order valence-corrected chi connectivity index (χ0v) is 11.9. The van der Waals surface area contributed by atoms with Gasteiger partial charge in [0.15, 0.2) is 0 Å². The summed E-state index contributed by atoms with van der Waals surface area (Å²) >= 11 is 0. The number of nitrogens with one attached hydrogen (secondary N) is 2. The number of urea groups is 1. The van der Waals surface area contributed by atoms with Gasteiger partial charge < -0.3 is 10.4 Å². The molecule has 0 atom stereocenters. The van der Waals surface area contributed by atoms with Gasteiger partial charge >= 0.3 is 6.03 Å². The molecule has 20 heavy (non-hydrogen) atoms. The quantitative estimate of drug-likeness (QED) is 0.576. The lowest BCUT2D eigenvalue weighted by Crippen LogP contribution is -2.46. The van der Waals surface area contributed by atoms with Crippen LogP contribution in [0, 0.1) is 5.92 Å². The van der Waals surface area contributed by atoms with E-state index in [0.717, 1.165) is 11.3 Å². The van der Waals surface area contributed by atoms with Crippen LogP contribution in [0.4, 0.5) is 13.6 Å². The topological polar surface area (TPSA) is 81.7 Å². The van der Waals surface area contributed by atoms with Crippen molar-refractivity contribution in [3.05, 3.63) is 0 Å². The van der Waals surface area contributed by atoms with Gasteiger partial charge in [0.2, 0.25) is 5.91 Å². The predicted octanol–water partition coefficient (Wildman–Crippen LogP) is 0.418. The summed E-state index contributed by atoms with van der Waals surface area (Å²) in [7, 11) is 0. The molecule has 0 aliphatic carbocycles. The minimum Gasteiger partial charge on any atom is -0.395 e. The third kappa shape index (κ3) is 10.6. The van der Waals surface area contributed by atoms with Gasteiger partial charge in [-0.25, -0.2) is 13.6 Å². The molecule has 0 bridgehead atoms. The Morgan fingerprint density at radius 3 is 2.45 bits per heavy atom. The molecule has 0 saturated carbocycles. The number of hydrogen-bond acceptors (Lipinski definition) is 4. The first-order valence-electron chi connectivity index (χ1n) is 6.54. The Kier molecular flexibility index (Phi) is 9.83. The SMILES string of the molecule is CC(C)CCNC(=O)NC(=O)CN(CCO)CC(F)F. The molecular weight excluding hydrogens is 272 g/mol. The lowest BCUT2D eigenvalue weighted by molar-refractivity contribution is -0.121. The Morgan fingerprint density at radius 2 is 1.95 bits per heavy atom. The predicted molar refractivity (Wildman–Crippen MR) is 70.5 cm³/mol. The van der Waals surface area contributed by atoms with Crippen LogP contribution >= 0.6 is 0 Å². The van der Waals surface area contributed by atoms with Crippen molar-refractivity contribution in [2.24, 2.45) is 5.92 Å². The first kappa shape index (κ1) is 18.7. The van der Waals surface area contributed by atoms with E-state index < -0.39 is 24.9 Å². The van der Waals surface area contributed by atoms with Gasteiger partial charge in [0.25, 0.3) is 6.43 Å². The van der Waals surface area contributed by atoms with Gasteiger partial charge in [-0.3, -0.25) is 15.0 Å². The standard InChI is InChI=1S/C12H23F2N3O3/c1-9(2)3-4-15-12(20)16-11(19)8-17(5-6-18)7-10(13)14/h9-10,18H,3-8H2,1-2H3,(H2,15,16,19,20). The summed E-state index contributed by atoms with van der Waals surface area (Å²) in [6, 6.07) is -0.642. The molecule has 3 N–H and O–H groups in total. The van der Waals surface area contributed by atoms with E-state index in [9.17, 15) is 18.4 Å². The smallest absolute Gasteiger partial charge is 0.321 e. The van der Waals surface area contributed by atoms with E-state index in [1.165, 1.54) is 0 Å². The molecule has 118 valence electrons. The molecular formula is C12H23F2N3O3. The molecule has 0 fully saturated rings. The van der Waals surface area contributed by atoms with Crippen LogP contribution < -0.4 is 10.6 Å². The largest absolute Gasteiger partial charge is 0.395 e. The lowest BCUT2D eigenvalue weighted by Gasteiger charge is -2.19. The molecule has 0 aliphatic heterocycles. The van der Waals surface area contributed by atoms with E-state index in [1.54, 1.807) is 0 Å². The maximum atomic E-state index is 12.2. The van der Waals surface area contributed by atoms with Crippen molar-refractivity contribution in [1.82, 2.24) is 15.5 Å². The maximum absolute atomic E-state index is 12.2. The summed E-state index contributed by atoms with van der Waals surface area (Å²) in [5.41, 5.74) is 0. The Morgan fingerprint density at radius 1 is 1.30 bits per heavy atom. The number of halogens is 2. The van der Waals surface area contributed by atoms with E-state index in [4.69, 9.17) is 5.11 Å². The lowest BCUT2D eigenvalue weighted by atomic mass is 10.1. The van der Waals surface area contributed by atoms with Crippen LogP contribution in [0.5, 0.6) is 0 Å². The van der Waals surface area contributed by atoms with Gasteiger partial charge in [0, 0.05) is 13.1 Å². The van der Waals surface area contributed by atoms with Crippen molar-refractivity contribution >= 4 is 11.9 Å². The second kappa shape index (κ2) is 10.5. The molecule has 0 spiro atoms. The molecule has 0 heterocycles. The second-order valence-electron chi connectivity index (χ2n) is 4.84. The second-order valence-corrected chi connectivity index (χ2v) is 4.84. The number of nitrogens with zero attached hydrogens (tertiary/aromatic N) is 1. The van der Waals surface area contributed by atoms with Gasteiger partial charge in [-0.2, -0.15) is 0 Å². The zero-order valence-electron chi connectivity index (χ0n) is 11.9. The normalized spacial score (nSPS) is 11.2. The molecule has 0 rings (SSSR count). The van der Waals surface area contributed by atoms with Crippen LogP contribution in [0.25, 0.3) is 0 Å². The molecule has 0 saturated heterocycles. The number of aliphatic hydroxyl groups is 1. The van der Waals surface area contributed by atoms with Crippen molar-refractivity contribution in [1.29, 1.82) is 0 Å². The number of carbonyl (C=O) groups excluding carboxylic acids is 2. The van der Waals surface area contributed by atoms with E-state index in [-0.39, 0.29) is 19.7 Å². The molecule has 0 radical (unpaired) electrons. The monoisotopic (exact) mass is 295 g/mol. The average molecular weight is 295 g/mol. The number of aliphatic hydroxyl groups excluding tert-OH is 1. The van der Waals surface area contributed by atoms with Crippen LogP contribution in [0.3, 0.4) is 0 Å². The van der Waals surface area contributed by atoms with Crippen LogP contribution in [0.1, 0.15) is 20.3 Å². The first-order chi connectivity index (χ1) is 9.35. The van der Waals surface area contributed by atoms with E-state index >= 15 is 0 Å². The van der Waals surface area contributed by atoms with Crippen LogP contribution in [0.2, 0.25) is 0 Å². The highest BCUT2D eigenvalue weighted by molar-refractivity contribution is 5.95. The Balaban J connectivity index is 4.01. The summed E-state index contributed by atoms with van der Waals surface area (Å²) in [6.45, 7) is 3.08. The molecule has 0 aromatic carbocycles. The van der Waals surface area contributed by atoms with Gasteiger partial charge in [0.1, 0.15) is 0 Å². The summed E-state index contributed by atoms with van der Waals surface area (Å²) in [5, 5.41) is 13.3. The molecule has 8 heteroatoms. The highest BCUT2D eigenvalue weighted by Gasteiger charge is 2.16. The number of amides is 3. The summed E-state index contributed by atoms with van der Waals surface area (Å²) in [4.78, 5) is 23.9. The fraction of sp³-hybridized carbons (Fsp3) is 0.833. The Hall–Kier alpha value is -1.28. The fourth-order valence-electron chi connectivity index (χ4n) is 1.46. The molecule has 0 aromatic rings. The molecule has 0 unspecified atom stereocenters. The van der Waals surface area contributed by atoms with Gasteiger partial charge in [-0.15, -0.1) is 0 Å². The summed E-state index contributed by atoms with van der Waals surface area (Å²) in [5.74, 6) is -0.252. The number of rotatable bonds is 9. The van der Waals surface area contributed by atoms with Crippen LogP contribution in [-0.4, -0.2) is 61.2 Å². The van der Waals surface area contributed by atoms with Crippen molar-refractivity contribution in [2.45, 2.75) is 26.7 Å². The van der Waals surface area contributed by atoms with E-state index in [1.807, 2.05) is 13.8 Å². The van der Waals surface area contributed by atoms with Gasteiger partial charge in [-0.05, 0) is 12.3 Å². The Bertz CT molecular complexity index is 302. The maximum Gasteiger partial charge on any atom is 0.321 e. The van der Waals surface area contributed by atoms with E-state index in [0.29, 0.717) is 12.5 Å². The Labute approximate surface area is 117 Å². The van der Waals surface area contributed by atoms with Crippen LogP contribution in [0.15, 0.2) is 0 Å². The zero-order chi connectivity index (χ0) is 15.5. The van der Waals surface area contributed by atoms with Crippen molar-refractivity contribution in [2.75, 3.05) is 32.8 Å². The van der Waals surface area contributed by atoms with Crippen molar-refractivity contribution < 1.29 is 23.5 Å². The summed E-state index contributed by atoms with van der Waals surface area (Å²) < 4.78 is 24.5. The number of imide groups is 1. The van der Waals surface area contributed by atoms with Crippen LogP contribution in [-0.2, 0) is 4.79 Å². The van der Waals surface area contributed by atoms with Crippen molar-refractivity contribution in [3.8, 4) is 0 Å². The molecule has 0 aliphatic rings. The van der Waals surface area contributed by atoms with Gasteiger partial charge in [0.05, 0.1) is 19.7 Å². The number of alkyl halides is 2. The van der Waals surface area contributed by atoms with E-state index in [2.05, 4.69) is 10.6 Å². The first-order valence-corrected chi connectivity index (χ1v) is 6.54. The third-order valence-corrected chi connectivity index (χ3v) is 2.44. The fourth-order valence-corrected chi connectivity index (χ4v) is 1.46. The minimum atomic E-state index is -2.60. The molecule has 0 aromatic heterocycles. The molecule has 6 nitrogen and oxygen atoms in total. The highest BCUT2D eigenvalue weighted by Crippen LogP contribution is 1.98.